The molecular weight excluding hydrogens is 252 g/mol. The molecule has 2 rings (SSSR count). The number of phenolic OH excluding ortho intramolecular Hbond substituents is 1. The van der Waals surface area contributed by atoms with Crippen molar-refractivity contribution in [2.24, 2.45) is 5.92 Å². The Morgan fingerprint density at radius 2 is 2.05 bits per heavy atom. The monoisotopic (exact) mass is 278 g/mol. The molecule has 1 saturated heterocycles. The van der Waals surface area contributed by atoms with Crippen molar-refractivity contribution in [1.29, 1.82) is 0 Å². The van der Waals surface area contributed by atoms with Gasteiger partial charge in [-0.15, -0.1) is 0 Å². The highest BCUT2D eigenvalue weighted by molar-refractivity contribution is 5.54. The minimum Gasteiger partial charge on any atom is -0.504 e. The summed E-state index contributed by atoms with van der Waals surface area (Å²) in [5.74, 6) is 1.44. The minimum absolute atomic E-state index is 0.190. The van der Waals surface area contributed by atoms with E-state index in [1.165, 1.54) is 6.54 Å². The molecule has 1 aromatic carbocycles. The first-order valence-electron chi connectivity index (χ1n) is 7.44. The van der Waals surface area contributed by atoms with Gasteiger partial charge < -0.3 is 20.1 Å². The topological polar surface area (TPSA) is 44.7 Å². The van der Waals surface area contributed by atoms with Crippen LogP contribution >= 0.6 is 0 Å². The first kappa shape index (κ1) is 15.0. The number of nitrogens with zero attached hydrogens (tertiary/aromatic N) is 1. The maximum absolute atomic E-state index is 9.79. The van der Waals surface area contributed by atoms with Gasteiger partial charge in [0.25, 0.3) is 0 Å². The van der Waals surface area contributed by atoms with Crippen molar-refractivity contribution in [3.63, 3.8) is 0 Å². The Hall–Kier alpha value is -1.42. The molecule has 1 heterocycles. The fraction of sp³-hybridized carbons (Fsp3) is 0.625. The highest BCUT2D eigenvalue weighted by Crippen LogP contribution is 2.29. The third-order valence-electron chi connectivity index (χ3n) is 3.76. The quantitative estimate of drug-likeness (QED) is 0.869. The molecule has 0 aromatic heterocycles. The predicted molar refractivity (Wildman–Crippen MR) is 82.6 cm³/mol. The zero-order valence-electron chi connectivity index (χ0n) is 12.7. The second-order valence-electron chi connectivity index (χ2n) is 6.00. The molecule has 0 unspecified atom stereocenters. The van der Waals surface area contributed by atoms with Crippen molar-refractivity contribution in [1.82, 2.24) is 4.90 Å². The minimum atomic E-state index is 0.190. The van der Waals surface area contributed by atoms with Crippen LogP contribution in [0.4, 0.5) is 5.69 Å². The van der Waals surface area contributed by atoms with Gasteiger partial charge in [0.05, 0.1) is 7.11 Å². The van der Waals surface area contributed by atoms with Gasteiger partial charge in [-0.05, 0) is 30.9 Å². The molecular formula is C16H26N2O2. The van der Waals surface area contributed by atoms with Crippen molar-refractivity contribution in [3.05, 3.63) is 18.2 Å². The van der Waals surface area contributed by atoms with Gasteiger partial charge in [-0.2, -0.15) is 0 Å². The van der Waals surface area contributed by atoms with Crippen LogP contribution in [0.3, 0.4) is 0 Å². The average molecular weight is 278 g/mol. The molecule has 1 aromatic rings. The number of phenols is 1. The number of benzene rings is 1. The van der Waals surface area contributed by atoms with Gasteiger partial charge >= 0.3 is 0 Å². The Kier molecular flexibility index (Phi) is 5.12. The van der Waals surface area contributed by atoms with Gasteiger partial charge in [0.1, 0.15) is 0 Å². The molecule has 0 bridgehead atoms. The lowest BCUT2D eigenvalue weighted by Gasteiger charge is -2.33. The van der Waals surface area contributed by atoms with E-state index in [1.54, 1.807) is 19.2 Å². The summed E-state index contributed by atoms with van der Waals surface area (Å²) in [5, 5.41) is 13.3. The smallest absolute Gasteiger partial charge is 0.160 e. The van der Waals surface area contributed by atoms with E-state index in [2.05, 4.69) is 24.1 Å². The van der Waals surface area contributed by atoms with E-state index >= 15 is 0 Å². The molecule has 2 N–H and O–H groups in total. The summed E-state index contributed by atoms with van der Waals surface area (Å²) in [6, 6.07) is 5.98. The van der Waals surface area contributed by atoms with Crippen LogP contribution in [0.25, 0.3) is 0 Å². The lowest BCUT2D eigenvalue weighted by molar-refractivity contribution is 0.198. The van der Waals surface area contributed by atoms with Crippen molar-refractivity contribution >= 4 is 5.69 Å². The van der Waals surface area contributed by atoms with Crippen LogP contribution < -0.4 is 10.1 Å². The van der Waals surface area contributed by atoms with E-state index in [0.717, 1.165) is 37.5 Å². The highest BCUT2D eigenvalue weighted by atomic mass is 16.5. The number of likely N-dealkylation sites (tertiary alicyclic amines) is 1. The number of piperidine rings is 1. The maximum Gasteiger partial charge on any atom is 0.160 e. The first-order chi connectivity index (χ1) is 9.58. The van der Waals surface area contributed by atoms with Gasteiger partial charge in [-0.1, -0.05) is 13.8 Å². The van der Waals surface area contributed by atoms with Gasteiger partial charge in [-0.25, -0.2) is 0 Å². The highest BCUT2D eigenvalue weighted by Gasteiger charge is 2.19. The number of anilines is 1. The van der Waals surface area contributed by atoms with Gasteiger partial charge in [0.2, 0.25) is 0 Å². The Labute approximate surface area is 121 Å². The number of nitrogens with one attached hydrogen (secondary N) is 1. The Morgan fingerprint density at radius 3 is 2.60 bits per heavy atom. The van der Waals surface area contributed by atoms with E-state index < -0.39 is 0 Å². The molecule has 1 aliphatic heterocycles. The second-order valence-corrected chi connectivity index (χ2v) is 6.00. The molecule has 0 saturated carbocycles. The SMILES string of the molecule is COc1ccc(NC2CCN(CC(C)C)CC2)cc1O. The summed E-state index contributed by atoms with van der Waals surface area (Å²) in [5.41, 5.74) is 0.964. The van der Waals surface area contributed by atoms with E-state index in [0.29, 0.717) is 11.8 Å². The number of rotatable bonds is 5. The molecule has 20 heavy (non-hydrogen) atoms. The largest absolute Gasteiger partial charge is 0.504 e. The van der Waals surface area contributed by atoms with Gasteiger partial charge in [0.15, 0.2) is 11.5 Å². The average Bonchev–Trinajstić information content (AvgIpc) is 2.41. The fourth-order valence-corrected chi connectivity index (χ4v) is 2.79. The molecule has 4 nitrogen and oxygen atoms in total. The van der Waals surface area contributed by atoms with Crippen LogP contribution in [0.2, 0.25) is 0 Å². The molecule has 112 valence electrons. The summed E-state index contributed by atoms with van der Waals surface area (Å²) in [6.45, 7) is 8.03. The van der Waals surface area contributed by atoms with Crippen molar-refractivity contribution in [2.45, 2.75) is 32.7 Å². The molecule has 1 aliphatic rings. The van der Waals surface area contributed by atoms with Crippen molar-refractivity contribution in [2.75, 3.05) is 32.1 Å². The molecule has 0 aliphatic carbocycles. The molecule has 0 radical (unpaired) electrons. The maximum atomic E-state index is 9.79. The summed E-state index contributed by atoms with van der Waals surface area (Å²) in [6.07, 6.45) is 2.30. The van der Waals surface area contributed by atoms with Crippen LogP contribution in [-0.2, 0) is 0 Å². The van der Waals surface area contributed by atoms with Gasteiger partial charge in [-0.3, -0.25) is 0 Å². The van der Waals surface area contributed by atoms with E-state index in [1.807, 2.05) is 6.07 Å². The summed E-state index contributed by atoms with van der Waals surface area (Å²) < 4.78 is 5.06. The van der Waals surface area contributed by atoms with E-state index in [9.17, 15) is 5.11 Å². The Bertz CT molecular complexity index is 426. The lowest BCUT2D eigenvalue weighted by Crippen LogP contribution is -2.40. The summed E-state index contributed by atoms with van der Waals surface area (Å²) in [7, 11) is 1.56. The van der Waals surface area contributed by atoms with Crippen LogP contribution in [0.5, 0.6) is 11.5 Å². The van der Waals surface area contributed by atoms with E-state index in [-0.39, 0.29) is 5.75 Å². The molecule has 0 amide bonds. The Morgan fingerprint density at radius 1 is 1.35 bits per heavy atom. The van der Waals surface area contributed by atoms with Crippen LogP contribution in [0.1, 0.15) is 26.7 Å². The summed E-state index contributed by atoms with van der Waals surface area (Å²) >= 11 is 0. The zero-order chi connectivity index (χ0) is 14.5. The normalized spacial score (nSPS) is 17.4. The Balaban J connectivity index is 1.85. The zero-order valence-corrected chi connectivity index (χ0v) is 12.7. The number of hydrogen-bond acceptors (Lipinski definition) is 4. The third kappa shape index (κ3) is 4.04. The third-order valence-corrected chi connectivity index (χ3v) is 3.76. The van der Waals surface area contributed by atoms with Crippen molar-refractivity contribution < 1.29 is 9.84 Å². The lowest BCUT2D eigenvalue weighted by atomic mass is 10.0. The van der Waals surface area contributed by atoms with Crippen LogP contribution in [0, 0.1) is 5.92 Å². The summed E-state index contributed by atoms with van der Waals surface area (Å²) in [4.78, 5) is 2.54. The van der Waals surface area contributed by atoms with Crippen LogP contribution in [-0.4, -0.2) is 42.8 Å². The molecule has 0 spiro atoms. The molecule has 0 atom stereocenters. The fourth-order valence-electron chi connectivity index (χ4n) is 2.79. The molecule has 1 fully saturated rings. The standard InChI is InChI=1S/C16H26N2O2/c1-12(2)11-18-8-6-13(7-9-18)17-14-4-5-16(20-3)15(19)10-14/h4-5,10,12-13,17,19H,6-9,11H2,1-3H3. The number of ether oxygens (including phenoxy) is 1. The first-order valence-corrected chi connectivity index (χ1v) is 7.44. The predicted octanol–water partition coefficient (Wildman–Crippen LogP) is 2.93. The number of hydrogen-bond donors (Lipinski definition) is 2. The molecule has 4 heteroatoms. The second kappa shape index (κ2) is 6.84. The van der Waals surface area contributed by atoms with E-state index in [4.69, 9.17) is 4.74 Å². The van der Waals surface area contributed by atoms with Crippen molar-refractivity contribution in [3.8, 4) is 11.5 Å². The number of aromatic hydroxyl groups is 1. The van der Waals surface area contributed by atoms with Gasteiger partial charge in [0, 0.05) is 37.4 Å². The van der Waals surface area contributed by atoms with Crippen LogP contribution in [0.15, 0.2) is 18.2 Å². The number of methoxy groups -OCH3 is 1.